The summed E-state index contributed by atoms with van der Waals surface area (Å²) < 4.78 is 10.6. The van der Waals surface area contributed by atoms with Crippen molar-refractivity contribution in [1.29, 1.82) is 0 Å². The van der Waals surface area contributed by atoms with Crippen LogP contribution in [0, 0.1) is 0 Å². The largest absolute Gasteiger partial charge is 0.487 e. The second-order valence-electron chi connectivity index (χ2n) is 5.18. The van der Waals surface area contributed by atoms with E-state index < -0.39 is 11.7 Å². The maximum absolute atomic E-state index is 12.1. The van der Waals surface area contributed by atoms with E-state index in [4.69, 9.17) is 9.47 Å². The van der Waals surface area contributed by atoms with Crippen molar-refractivity contribution in [1.82, 2.24) is 0 Å². The molecule has 0 saturated heterocycles. The van der Waals surface area contributed by atoms with Gasteiger partial charge in [0.1, 0.15) is 18.0 Å². The third-order valence-electron chi connectivity index (χ3n) is 2.83. The highest BCUT2D eigenvalue weighted by atomic mass is 16.5. The van der Waals surface area contributed by atoms with Crippen molar-refractivity contribution in [2.24, 2.45) is 0 Å². The molecule has 2 rings (SSSR count). The van der Waals surface area contributed by atoms with E-state index in [0.717, 1.165) is 0 Å². The van der Waals surface area contributed by atoms with Gasteiger partial charge in [0.25, 0.3) is 0 Å². The van der Waals surface area contributed by atoms with E-state index in [1.807, 2.05) is 13.8 Å². The minimum atomic E-state index is -0.589. The molecule has 0 bridgehead atoms. The van der Waals surface area contributed by atoms with Crippen LogP contribution in [0.2, 0.25) is 0 Å². The fourth-order valence-electron chi connectivity index (χ4n) is 2.02. The Bertz CT molecular complexity index is 563. The Morgan fingerprint density at radius 1 is 1.55 bits per heavy atom. The van der Waals surface area contributed by atoms with Crippen LogP contribution in [0.1, 0.15) is 30.6 Å². The first-order valence-electron chi connectivity index (χ1n) is 6.32. The van der Waals surface area contributed by atoms with Gasteiger partial charge in [-0.05, 0) is 32.0 Å². The summed E-state index contributed by atoms with van der Waals surface area (Å²) in [7, 11) is 0. The number of hydrogen-bond acceptors (Lipinski definition) is 4. The number of benzene rings is 1. The predicted octanol–water partition coefficient (Wildman–Crippen LogP) is 3.16. The van der Waals surface area contributed by atoms with Crippen molar-refractivity contribution in [2.75, 3.05) is 11.9 Å². The second-order valence-corrected chi connectivity index (χ2v) is 5.18. The van der Waals surface area contributed by atoms with Gasteiger partial charge >= 0.3 is 6.09 Å². The summed E-state index contributed by atoms with van der Waals surface area (Å²) in [4.78, 5) is 23.5. The minimum Gasteiger partial charge on any atom is -0.487 e. The van der Waals surface area contributed by atoms with Crippen LogP contribution < -0.4 is 10.1 Å². The number of rotatable bonds is 3. The molecule has 1 aliphatic heterocycles. The third-order valence-corrected chi connectivity index (χ3v) is 2.83. The first-order chi connectivity index (χ1) is 9.41. The van der Waals surface area contributed by atoms with E-state index in [1.54, 1.807) is 18.2 Å². The molecular formula is C15H17NO4. The first kappa shape index (κ1) is 14.1. The molecule has 106 valence electrons. The summed E-state index contributed by atoms with van der Waals surface area (Å²) in [6.07, 6.45) is 1.20. The van der Waals surface area contributed by atoms with Gasteiger partial charge in [-0.15, -0.1) is 0 Å². The number of Topliss-reactive ketones (excluding diaryl/α,β-unsaturated/α-hetero) is 1. The minimum absolute atomic E-state index is 0.000594. The van der Waals surface area contributed by atoms with Crippen molar-refractivity contribution < 1.29 is 19.1 Å². The molecule has 1 aliphatic rings. The Morgan fingerprint density at radius 2 is 2.30 bits per heavy atom. The molecule has 0 fully saturated rings. The third kappa shape index (κ3) is 3.17. The average molecular weight is 275 g/mol. The lowest BCUT2D eigenvalue weighted by molar-refractivity contribution is 0.0620. The Labute approximate surface area is 117 Å². The zero-order valence-electron chi connectivity index (χ0n) is 11.6. The topological polar surface area (TPSA) is 64.6 Å². The monoisotopic (exact) mass is 275 g/mol. The number of carbonyl (C=O) groups is 2. The zero-order valence-corrected chi connectivity index (χ0v) is 11.6. The van der Waals surface area contributed by atoms with Crippen molar-refractivity contribution >= 4 is 17.6 Å². The molecule has 0 saturated carbocycles. The van der Waals surface area contributed by atoms with E-state index in [2.05, 4.69) is 11.9 Å². The molecule has 1 heterocycles. The van der Waals surface area contributed by atoms with Crippen LogP contribution >= 0.6 is 0 Å². The van der Waals surface area contributed by atoms with Crippen LogP contribution in [-0.4, -0.2) is 24.1 Å². The molecule has 1 aromatic carbocycles. The number of nitrogens with one attached hydrogen (secondary N) is 1. The van der Waals surface area contributed by atoms with Crippen molar-refractivity contribution in [3.63, 3.8) is 0 Å². The number of ketones is 1. The highest BCUT2D eigenvalue weighted by Gasteiger charge is 2.32. The summed E-state index contributed by atoms with van der Waals surface area (Å²) >= 11 is 0. The van der Waals surface area contributed by atoms with Crippen molar-refractivity contribution in [3.8, 4) is 5.75 Å². The zero-order chi connectivity index (χ0) is 14.8. The standard InChI is InChI=1S/C15H17NO4/c1-4-7-19-14(18)16-10-5-6-13-11(8-10)12(17)9-15(2,3)20-13/h4-6,8H,1,7,9H2,2-3H3,(H,16,18). The Morgan fingerprint density at radius 3 is 3.00 bits per heavy atom. The number of anilines is 1. The van der Waals surface area contributed by atoms with Gasteiger partial charge in [0.15, 0.2) is 5.78 Å². The molecule has 0 radical (unpaired) electrons. The van der Waals surface area contributed by atoms with E-state index in [0.29, 0.717) is 23.4 Å². The van der Waals surface area contributed by atoms with Crippen LogP contribution in [-0.2, 0) is 4.74 Å². The highest BCUT2D eigenvalue weighted by Crippen LogP contribution is 2.34. The summed E-state index contributed by atoms with van der Waals surface area (Å²) in [5.41, 5.74) is 0.474. The molecule has 0 unspecified atom stereocenters. The Hall–Kier alpha value is -2.30. The lowest BCUT2D eigenvalue weighted by Gasteiger charge is -2.31. The summed E-state index contributed by atoms with van der Waals surface area (Å²) in [5, 5.41) is 2.55. The molecule has 0 aromatic heterocycles. The lowest BCUT2D eigenvalue weighted by Crippen LogP contribution is -2.35. The molecule has 0 aliphatic carbocycles. The smallest absolute Gasteiger partial charge is 0.411 e. The lowest BCUT2D eigenvalue weighted by atomic mass is 9.93. The summed E-state index contributed by atoms with van der Waals surface area (Å²) in [5.74, 6) is 0.538. The van der Waals surface area contributed by atoms with Crippen molar-refractivity contribution in [2.45, 2.75) is 25.9 Å². The molecule has 20 heavy (non-hydrogen) atoms. The van der Waals surface area contributed by atoms with Gasteiger partial charge in [-0.3, -0.25) is 10.1 Å². The SMILES string of the molecule is C=CCOC(=O)Nc1ccc2c(c1)C(=O)CC(C)(C)O2. The van der Waals surface area contributed by atoms with Crippen LogP contribution in [0.4, 0.5) is 10.5 Å². The normalized spacial score (nSPS) is 15.8. The molecule has 5 nitrogen and oxygen atoms in total. The van der Waals surface area contributed by atoms with Gasteiger partial charge in [-0.1, -0.05) is 12.7 Å². The average Bonchev–Trinajstić information content (AvgIpc) is 2.36. The fraction of sp³-hybridized carbons (Fsp3) is 0.333. The molecule has 5 heteroatoms. The maximum atomic E-state index is 12.1. The number of carbonyl (C=O) groups excluding carboxylic acids is 2. The van der Waals surface area contributed by atoms with Crippen molar-refractivity contribution in [3.05, 3.63) is 36.4 Å². The second kappa shape index (κ2) is 5.36. The molecular weight excluding hydrogens is 258 g/mol. The number of fused-ring (bicyclic) bond motifs is 1. The van der Waals surface area contributed by atoms with E-state index in [9.17, 15) is 9.59 Å². The van der Waals surface area contributed by atoms with E-state index in [-0.39, 0.29) is 12.4 Å². The van der Waals surface area contributed by atoms with Gasteiger partial charge in [0.2, 0.25) is 0 Å². The number of ether oxygens (including phenoxy) is 2. The molecule has 0 spiro atoms. The summed E-state index contributed by atoms with van der Waals surface area (Å²) in [6.45, 7) is 7.32. The van der Waals surface area contributed by atoms with E-state index >= 15 is 0 Å². The fourth-order valence-corrected chi connectivity index (χ4v) is 2.02. The molecule has 1 N–H and O–H groups in total. The van der Waals surface area contributed by atoms with Crippen LogP contribution in [0.25, 0.3) is 0 Å². The number of hydrogen-bond donors (Lipinski definition) is 1. The predicted molar refractivity (Wildman–Crippen MR) is 75.3 cm³/mol. The quantitative estimate of drug-likeness (QED) is 0.860. The first-order valence-corrected chi connectivity index (χ1v) is 6.32. The maximum Gasteiger partial charge on any atom is 0.411 e. The van der Waals surface area contributed by atoms with Crippen LogP contribution in [0.5, 0.6) is 5.75 Å². The van der Waals surface area contributed by atoms with Gasteiger partial charge in [-0.25, -0.2) is 4.79 Å². The number of amides is 1. The Balaban J connectivity index is 2.16. The highest BCUT2D eigenvalue weighted by molar-refractivity contribution is 6.01. The Kier molecular flexibility index (Phi) is 3.79. The van der Waals surface area contributed by atoms with Gasteiger partial charge in [-0.2, -0.15) is 0 Å². The van der Waals surface area contributed by atoms with Crippen LogP contribution in [0.3, 0.4) is 0 Å². The van der Waals surface area contributed by atoms with E-state index in [1.165, 1.54) is 6.08 Å². The van der Waals surface area contributed by atoms with Crippen LogP contribution in [0.15, 0.2) is 30.9 Å². The van der Waals surface area contributed by atoms with Gasteiger partial charge in [0, 0.05) is 5.69 Å². The summed E-state index contributed by atoms with van der Waals surface area (Å²) in [6, 6.07) is 4.95. The van der Waals surface area contributed by atoms with Gasteiger partial charge < -0.3 is 9.47 Å². The molecule has 1 aromatic rings. The van der Waals surface area contributed by atoms with Gasteiger partial charge in [0.05, 0.1) is 12.0 Å². The molecule has 0 atom stereocenters. The molecule has 1 amide bonds.